The van der Waals surface area contributed by atoms with E-state index in [9.17, 15) is 18.3 Å². The van der Waals surface area contributed by atoms with Crippen LogP contribution in [-0.4, -0.2) is 10.7 Å². The fourth-order valence-electron chi connectivity index (χ4n) is 2.64. The van der Waals surface area contributed by atoms with Gasteiger partial charge in [-0.2, -0.15) is 8.78 Å². The second kappa shape index (κ2) is 5.04. The third-order valence-electron chi connectivity index (χ3n) is 4.39. The molecule has 1 aromatic rings. The van der Waals surface area contributed by atoms with Crippen LogP contribution in [0.15, 0.2) is 18.2 Å². The Labute approximate surface area is 116 Å². The minimum absolute atomic E-state index is 0.0339. The van der Waals surface area contributed by atoms with Gasteiger partial charge in [-0.05, 0) is 38.7 Å². The van der Waals surface area contributed by atoms with Crippen molar-refractivity contribution < 1.29 is 18.3 Å². The summed E-state index contributed by atoms with van der Waals surface area (Å²) in [6, 6.07) is 3.08. The van der Waals surface area contributed by atoms with Gasteiger partial charge in [-0.3, -0.25) is 0 Å². The lowest BCUT2D eigenvalue weighted by molar-refractivity contribution is -0.218. The molecule has 0 bridgehead atoms. The predicted molar refractivity (Wildman–Crippen MR) is 70.9 cm³/mol. The van der Waals surface area contributed by atoms with Gasteiger partial charge in [-0.1, -0.05) is 18.6 Å². The van der Waals surface area contributed by atoms with E-state index in [2.05, 4.69) is 0 Å². The van der Waals surface area contributed by atoms with E-state index in [0.717, 1.165) is 19.4 Å². The maximum atomic E-state index is 14.6. The van der Waals surface area contributed by atoms with E-state index in [1.807, 2.05) is 0 Å². The van der Waals surface area contributed by atoms with Gasteiger partial charge in [0.05, 0.1) is 5.56 Å². The Morgan fingerprint density at radius 1 is 1.35 bits per heavy atom. The zero-order chi connectivity index (χ0) is 15.1. The van der Waals surface area contributed by atoms with Crippen molar-refractivity contribution in [1.29, 1.82) is 0 Å². The fraction of sp³-hybridized carbons (Fsp3) is 0.600. The van der Waals surface area contributed by atoms with E-state index < -0.39 is 34.9 Å². The summed E-state index contributed by atoms with van der Waals surface area (Å²) in [6.45, 7) is 2.62. The zero-order valence-corrected chi connectivity index (χ0v) is 11.7. The molecular weight excluding hydrogens is 267 g/mol. The highest BCUT2D eigenvalue weighted by Gasteiger charge is 2.57. The van der Waals surface area contributed by atoms with Gasteiger partial charge in [-0.15, -0.1) is 0 Å². The SMILES string of the molecule is C[C@@H](N)c1cccc(C(F)(F)C(C)(O)C2CCC2)c1F. The Morgan fingerprint density at radius 2 is 1.95 bits per heavy atom. The quantitative estimate of drug-likeness (QED) is 0.890. The van der Waals surface area contributed by atoms with Gasteiger partial charge in [0.15, 0.2) is 0 Å². The van der Waals surface area contributed by atoms with Crippen LogP contribution in [0.5, 0.6) is 0 Å². The molecule has 0 radical (unpaired) electrons. The number of aliphatic hydroxyl groups is 1. The summed E-state index contributed by atoms with van der Waals surface area (Å²) in [5.74, 6) is -5.17. The van der Waals surface area contributed by atoms with Gasteiger partial charge < -0.3 is 10.8 Å². The predicted octanol–water partition coefficient (Wildman–Crippen LogP) is 3.49. The number of hydrogen-bond donors (Lipinski definition) is 2. The van der Waals surface area contributed by atoms with Crippen LogP contribution in [0.25, 0.3) is 0 Å². The van der Waals surface area contributed by atoms with Crippen LogP contribution in [0.1, 0.15) is 50.3 Å². The van der Waals surface area contributed by atoms with E-state index in [-0.39, 0.29) is 5.56 Å². The summed E-state index contributed by atoms with van der Waals surface area (Å²) >= 11 is 0. The fourth-order valence-corrected chi connectivity index (χ4v) is 2.64. The van der Waals surface area contributed by atoms with Gasteiger partial charge in [0.1, 0.15) is 11.4 Å². The van der Waals surface area contributed by atoms with Crippen molar-refractivity contribution >= 4 is 0 Å². The van der Waals surface area contributed by atoms with Crippen molar-refractivity contribution in [3.8, 4) is 0 Å². The Balaban J connectivity index is 2.46. The van der Waals surface area contributed by atoms with Crippen LogP contribution in [0, 0.1) is 11.7 Å². The molecule has 0 spiro atoms. The molecule has 0 aliphatic heterocycles. The first-order valence-corrected chi connectivity index (χ1v) is 6.84. The standard InChI is InChI=1S/C15H20F3NO/c1-9(19)11-7-4-8-12(13(11)16)15(17,18)14(2,20)10-5-3-6-10/h4,7-10,20H,3,5-6,19H2,1-2H3/t9-,14?/m1/s1. The highest BCUT2D eigenvalue weighted by Crippen LogP contribution is 2.50. The lowest BCUT2D eigenvalue weighted by Crippen LogP contribution is -2.52. The molecule has 2 rings (SSSR count). The van der Waals surface area contributed by atoms with Crippen molar-refractivity contribution in [2.24, 2.45) is 11.7 Å². The number of rotatable bonds is 4. The molecule has 0 amide bonds. The summed E-state index contributed by atoms with van der Waals surface area (Å²) in [6.07, 6.45) is 1.90. The first-order chi connectivity index (χ1) is 9.19. The van der Waals surface area contributed by atoms with Crippen LogP contribution in [0.2, 0.25) is 0 Å². The molecular formula is C15H20F3NO. The van der Waals surface area contributed by atoms with Crippen LogP contribution in [0.4, 0.5) is 13.2 Å². The molecule has 0 saturated heterocycles. The largest absolute Gasteiger partial charge is 0.383 e. The average molecular weight is 287 g/mol. The lowest BCUT2D eigenvalue weighted by Gasteiger charge is -2.43. The van der Waals surface area contributed by atoms with Crippen molar-refractivity contribution in [1.82, 2.24) is 0 Å². The molecule has 2 nitrogen and oxygen atoms in total. The van der Waals surface area contributed by atoms with Crippen molar-refractivity contribution in [2.75, 3.05) is 0 Å². The third-order valence-corrected chi connectivity index (χ3v) is 4.39. The highest BCUT2D eigenvalue weighted by molar-refractivity contribution is 5.33. The molecule has 0 aromatic heterocycles. The molecule has 5 heteroatoms. The maximum Gasteiger partial charge on any atom is 0.304 e. The molecule has 3 N–H and O–H groups in total. The van der Waals surface area contributed by atoms with E-state index >= 15 is 0 Å². The summed E-state index contributed by atoms with van der Waals surface area (Å²) in [5, 5.41) is 10.2. The number of hydrogen-bond acceptors (Lipinski definition) is 2. The third kappa shape index (κ3) is 2.23. The smallest absolute Gasteiger partial charge is 0.304 e. The Kier molecular flexibility index (Phi) is 3.86. The average Bonchev–Trinajstić information content (AvgIpc) is 2.25. The zero-order valence-electron chi connectivity index (χ0n) is 11.7. The van der Waals surface area contributed by atoms with Crippen molar-refractivity contribution in [2.45, 2.75) is 50.7 Å². The first-order valence-electron chi connectivity index (χ1n) is 6.84. The monoisotopic (exact) mass is 287 g/mol. The lowest BCUT2D eigenvalue weighted by atomic mass is 9.69. The second-order valence-corrected chi connectivity index (χ2v) is 5.85. The summed E-state index contributed by atoms with van der Waals surface area (Å²) in [5.41, 5.74) is 2.60. The van der Waals surface area contributed by atoms with Gasteiger partial charge in [0, 0.05) is 11.6 Å². The molecule has 112 valence electrons. The first kappa shape index (κ1) is 15.3. The van der Waals surface area contributed by atoms with E-state index in [4.69, 9.17) is 5.73 Å². The Bertz CT molecular complexity index is 496. The normalized spacial score (nSPS) is 21.1. The Hall–Kier alpha value is -1.07. The van der Waals surface area contributed by atoms with E-state index in [1.165, 1.54) is 19.1 Å². The molecule has 1 aromatic carbocycles. The van der Waals surface area contributed by atoms with Crippen LogP contribution < -0.4 is 5.73 Å². The highest BCUT2D eigenvalue weighted by atomic mass is 19.3. The topological polar surface area (TPSA) is 46.2 Å². The molecule has 1 aliphatic rings. The van der Waals surface area contributed by atoms with Gasteiger partial charge in [0.25, 0.3) is 0 Å². The second-order valence-electron chi connectivity index (χ2n) is 5.85. The summed E-state index contributed by atoms with van der Waals surface area (Å²) in [4.78, 5) is 0. The molecule has 1 aliphatic carbocycles. The molecule has 0 heterocycles. The molecule has 1 unspecified atom stereocenters. The van der Waals surface area contributed by atoms with E-state index in [0.29, 0.717) is 12.8 Å². The number of alkyl halides is 2. The number of nitrogens with two attached hydrogens (primary N) is 1. The number of benzene rings is 1. The molecule has 2 atom stereocenters. The van der Waals surface area contributed by atoms with Crippen molar-refractivity contribution in [3.63, 3.8) is 0 Å². The molecule has 1 fully saturated rings. The van der Waals surface area contributed by atoms with Crippen LogP contribution in [-0.2, 0) is 5.92 Å². The number of halogens is 3. The Morgan fingerprint density at radius 3 is 2.40 bits per heavy atom. The van der Waals surface area contributed by atoms with Crippen LogP contribution >= 0.6 is 0 Å². The summed E-state index contributed by atoms with van der Waals surface area (Å²) in [7, 11) is 0. The molecule has 20 heavy (non-hydrogen) atoms. The van der Waals surface area contributed by atoms with Crippen LogP contribution in [0.3, 0.4) is 0 Å². The minimum atomic E-state index is -3.65. The van der Waals surface area contributed by atoms with Crippen molar-refractivity contribution in [3.05, 3.63) is 35.1 Å². The summed E-state index contributed by atoms with van der Waals surface area (Å²) < 4.78 is 43.4. The van der Waals surface area contributed by atoms with Gasteiger partial charge >= 0.3 is 5.92 Å². The van der Waals surface area contributed by atoms with Gasteiger partial charge in [-0.25, -0.2) is 4.39 Å². The minimum Gasteiger partial charge on any atom is -0.383 e. The van der Waals surface area contributed by atoms with Gasteiger partial charge in [0.2, 0.25) is 0 Å². The molecule has 1 saturated carbocycles. The maximum absolute atomic E-state index is 14.6. The van der Waals surface area contributed by atoms with E-state index in [1.54, 1.807) is 0 Å².